The number of nitrogens with one attached hydrogen (secondary N) is 1. The summed E-state index contributed by atoms with van der Waals surface area (Å²) >= 11 is 0. The zero-order valence-electron chi connectivity index (χ0n) is 15.1. The van der Waals surface area contributed by atoms with Crippen molar-refractivity contribution in [2.24, 2.45) is 23.7 Å². The lowest BCUT2D eigenvalue weighted by Crippen LogP contribution is -2.47. The molecular formula is C21H24N2O3. The van der Waals surface area contributed by atoms with Crippen LogP contribution in [0.4, 0.5) is 5.69 Å². The van der Waals surface area contributed by atoms with Gasteiger partial charge in [-0.2, -0.15) is 0 Å². The summed E-state index contributed by atoms with van der Waals surface area (Å²) in [6, 6.07) is 6.76. The van der Waals surface area contributed by atoms with E-state index in [2.05, 4.69) is 17.5 Å². The second-order valence-electron chi connectivity index (χ2n) is 7.62. The number of imide groups is 1. The van der Waals surface area contributed by atoms with E-state index < -0.39 is 6.04 Å². The van der Waals surface area contributed by atoms with Crippen LogP contribution in [0.25, 0.3) is 0 Å². The number of aryl methyl sites for hydroxylation is 1. The Morgan fingerprint density at radius 1 is 1.12 bits per heavy atom. The lowest BCUT2D eigenvalue weighted by Gasteiger charge is -2.38. The first-order chi connectivity index (χ1) is 12.5. The number of allylic oxidation sites excluding steroid dienone is 2. The summed E-state index contributed by atoms with van der Waals surface area (Å²) in [6.07, 6.45) is 6.52. The maximum Gasteiger partial charge on any atom is 0.247 e. The van der Waals surface area contributed by atoms with Gasteiger partial charge >= 0.3 is 0 Å². The van der Waals surface area contributed by atoms with Crippen LogP contribution in [-0.4, -0.2) is 28.7 Å². The van der Waals surface area contributed by atoms with Gasteiger partial charge in [-0.05, 0) is 49.7 Å². The molecule has 0 aromatic heterocycles. The van der Waals surface area contributed by atoms with Gasteiger partial charge in [0.25, 0.3) is 0 Å². The van der Waals surface area contributed by atoms with Crippen molar-refractivity contribution in [3.8, 4) is 0 Å². The van der Waals surface area contributed by atoms with Crippen molar-refractivity contribution < 1.29 is 14.4 Å². The van der Waals surface area contributed by atoms with Crippen LogP contribution in [0.3, 0.4) is 0 Å². The summed E-state index contributed by atoms with van der Waals surface area (Å²) in [5, 5.41) is 2.90. The molecule has 1 saturated carbocycles. The van der Waals surface area contributed by atoms with E-state index in [1.165, 1.54) is 4.90 Å². The standard InChI is InChI=1S/C21H24N2O3/c1-3-16(19(24)22-15-7-5-4-6-12(15)2)23-20(25)17-13-8-9-14(11-10-13)18(17)21(23)26/h4-9,13-14,16-18H,3,10-11H2,1-2H3,(H,22,24)/t13-,14-,16+,17-,18-/m0/s1. The van der Waals surface area contributed by atoms with Crippen molar-refractivity contribution in [3.63, 3.8) is 0 Å². The van der Waals surface area contributed by atoms with E-state index in [-0.39, 0.29) is 41.4 Å². The Morgan fingerprint density at radius 2 is 1.69 bits per heavy atom. The highest BCUT2D eigenvalue weighted by Gasteiger charge is 2.58. The van der Waals surface area contributed by atoms with Gasteiger partial charge in [0.1, 0.15) is 6.04 Å². The summed E-state index contributed by atoms with van der Waals surface area (Å²) in [4.78, 5) is 40.3. The average molecular weight is 352 g/mol. The van der Waals surface area contributed by atoms with E-state index in [1.54, 1.807) is 0 Å². The fourth-order valence-electron chi connectivity index (χ4n) is 4.82. The third kappa shape index (κ3) is 2.49. The molecule has 5 nitrogen and oxygen atoms in total. The SMILES string of the molecule is CC[C@H](C(=O)Nc1ccccc1C)N1C(=O)[C@@H]2[C@@H](C1=O)[C@H]1C=C[C@H]2CC1. The Labute approximate surface area is 153 Å². The Morgan fingerprint density at radius 3 is 2.19 bits per heavy atom. The van der Waals surface area contributed by atoms with Crippen LogP contribution < -0.4 is 5.32 Å². The number of rotatable bonds is 4. The van der Waals surface area contributed by atoms with Crippen LogP contribution >= 0.6 is 0 Å². The van der Waals surface area contributed by atoms with Gasteiger partial charge in [0.05, 0.1) is 11.8 Å². The molecule has 1 aromatic rings. The molecule has 136 valence electrons. The van der Waals surface area contributed by atoms with Gasteiger partial charge < -0.3 is 5.32 Å². The maximum atomic E-state index is 13.1. The van der Waals surface area contributed by atoms with Gasteiger partial charge in [-0.15, -0.1) is 0 Å². The number of amides is 3. The molecule has 3 amide bonds. The molecule has 2 bridgehead atoms. The summed E-state index contributed by atoms with van der Waals surface area (Å²) in [6.45, 7) is 3.76. The van der Waals surface area contributed by atoms with Crippen molar-refractivity contribution >= 4 is 23.4 Å². The third-order valence-corrected chi connectivity index (χ3v) is 6.20. The number of anilines is 1. The minimum absolute atomic E-state index is 0.142. The lowest BCUT2D eigenvalue weighted by atomic mass is 9.63. The number of carbonyl (C=O) groups is 3. The minimum Gasteiger partial charge on any atom is -0.324 e. The smallest absolute Gasteiger partial charge is 0.247 e. The van der Waals surface area contributed by atoms with Crippen molar-refractivity contribution in [2.45, 2.75) is 39.2 Å². The molecule has 26 heavy (non-hydrogen) atoms. The summed E-state index contributed by atoms with van der Waals surface area (Å²) in [7, 11) is 0. The number of hydrogen-bond acceptors (Lipinski definition) is 3. The van der Waals surface area contributed by atoms with Gasteiger partial charge in [0, 0.05) is 5.69 Å². The van der Waals surface area contributed by atoms with Crippen LogP contribution in [-0.2, 0) is 14.4 Å². The molecule has 0 unspecified atom stereocenters. The van der Waals surface area contributed by atoms with Crippen molar-refractivity contribution in [1.29, 1.82) is 0 Å². The molecule has 1 aliphatic heterocycles. The van der Waals surface area contributed by atoms with Gasteiger partial charge in [0.2, 0.25) is 17.7 Å². The fraction of sp³-hybridized carbons (Fsp3) is 0.476. The number of likely N-dealkylation sites (tertiary alicyclic amines) is 1. The molecule has 1 N–H and O–H groups in total. The number of carbonyl (C=O) groups excluding carboxylic acids is 3. The topological polar surface area (TPSA) is 66.5 Å². The molecule has 1 aromatic carbocycles. The second-order valence-corrected chi connectivity index (χ2v) is 7.62. The van der Waals surface area contributed by atoms with Crippen LogP contribution in [0.15, 0.2) is 36.4 Å². The number of fused-ring (bicyclic) bond motifs is 1. The lowest BCUT2D eigenvalue weighted by molar-refractivity contribution is -0.146. The first kappa shape index (κ1) is 17.0. The first-order valence-electron chi connectivity index (χ1n) is 9.44. The molecule has 2 fully saturated rings. The highest BCUT2D eigenvalue weighted by molar-refractivity contribution is 6.10. The van der Waals surface area contributed by atoms with Gasteiger partial charge in [0.15, 0.2) is 0 Å². The van der Waals surface area contributed by atoms with Gasteiger partial charge in [-0.25, -0.2) is 0 Å². The summed E-state index contributed by atoms with van der Waals surface area (Å²) in [5.74, 6) is -0.871. The predicted molar refractivity (Wildman–Crippen MR) is 98.1 cm³/mol. The number of para-hydroxylation sites is 1. The summed E-state index contributed by atoms with van der Waals surface area (Å²) in [5.41, 5.74) is 1.67. The van der Waals surface area contributed by atoms with E-state index in [9.17, 15) is 14.4 Å². The van der Waals surface area contributed by atoms with Gasteiger partial charge in [-0.1, -0.05) is 37.3 Å². The predicted octanol–water partition coefficient (Wildman–Crippen LogP) is 2.91. The maximum absolute atomic E-state index is 13.1. The second kappa shape index (κ2) is 6.38. The molecule has 1 heterocycles. The largest absolute Gasteiger partial charge is 0.324 e. The van der Waals surface area contributed by atoms with E-state index in [1.807, 2.05) is 38.1 Å². The Balaban J connectivity index is 1.59. The minimum atomic E-state index is -0.750. The highest BCUT2D eigenvalue weighted by atomic mass is 16.2. The molecule has 0 radical (unpaired) electrons. The van der Waals surface area contributed by atoms with E-state index in [4.69, 9.17) is 0 Å². The number of nitrogens with zero attached hydrogens (tertiary/aromatic N) is 1. The zero-order chi connectivity index (χ0) is 18.4. The van der Waals surface area contributed by atoms with Crippen molar-refractivity contribution in [1.82, 2.24) is 4.90 Å². The molecule has 1 saturated heterocycles. The quantitative estimate of drug-likeness (QED) is 0.669. The number of hydrogen-bond donors (Lipinski definition) is 1. The van der Waals surface area contributed by atoms with E-state index in [0.29, 0.717) is 12.1 Å². The Kier molecular flexibility index (Phi) is 4.17. The van der Waals surface area contributed by atoms with Crippen LogP contribution in [0.2, 0.25) is 0 Å². The van der Waals surface area contributed by atoms with Crippen LogP contribution in [0, 0.1) is 30.6 Å². The fourth-order valence-corrected chi connectivity index (χ4v) is 4.82. The monoisotopic (exact) mass is 352 g/mol. The Hall–Kier alpha value is -2.43. The summed E-state index contributed by atoms with van der Waals surface area (Å²) < 4.78 is 0. The normalized spacial score (nSPS) is 30.5. The molecule has 5 atom stereocenters. The molecule has 3 aliphatic carbocycles. The average Bonchev–Trinajstić information content (AvgIpc) is 2.93. The van der Waals surface area contributed by atoms with E-state index in [0.717, 1.165) is 18.4 Å². The van der Waals surface area contributed by atoms with Crippen molar-refractivity contribution in [3.05, 3.63) is 42.0 Å². The van der Waals surface area contributed by atoms with Crippen LogP contribution in [0.5, 0.6) is 0 Å². The molecule has 0 spiro atoms. The molecular weight excluding hydrogens is 328 g/mol. The molecule has 5 heteroatoms. The third-order valence-electron chi connectivity index (χ3n) is 6.20. The van der Waals surface area contributed by atoms with Crippen molar-refractivity contribution in [2.75, 3.05) is 5.32 Å². The first-order valence-corrected chi connectivity index (χ1v) is 9.44. The number of benzene rings is 1. The molecule has 5 rings (SSSR count). The Bertz CT molecular complexity index is 768. The highest BCUT2D eigenvalue weighted by Crippen LogP contribution is 2.50. The molecule has 4 aliphatic rings. The van der Waals surface area contributed by atoms with Crippen LogP contribution in [0.1, 0.15) is 31.7 Å². The zero-order valence-corrected chi connectivity index (χ0v) is 15.1. The van der Waals surface area contributed by atoms with E-state index >= 15 is 0 Å². The van der Waals surface area contributed by atoms with Gasteiger partial charge in [-0.3, -0.25) is 19.3 Å².